The fourth-order valence-corrected chi connectivity index (χ4v) is 1.31. The Morgan fingerprint density at radius 3 is 2.88 bits per heavy atom. The predicted octanol–water partition coefficient (Wildman–Crippen LogP) is 0.253. The van der Waals surface area contributed by atoms with Crippen molar-refractivity contribution in [3.63, 3.8) is 0 Å². The Hall–Kier alpha value is -1.85. The van der Waals surface area contributed by atoms with E-state index in [1.54, 1.807) is 30.2 Å². The maximum absolute atomic E-state index is 11.4. The summed E-state index contributed by atoms with van der Waals surface area (Å²) in [6.45, 7) is 2.22. The average Bonchev–Trinajstić information content (AvgIpc) is 2.65. The third-order valence-electron chi connectivity index (χ3n) is 2.04. The van der Waals surface area contributed by atoms with Gasteiger partial charge in [-0.3, -0.25) is 9.59 Å². The van der Waals surface area contributed by atoms with Gasteiger partial charge in [-0.1, -0.05) is 0 Å². The minimum absolute atomic E-state index is 0.0587. The maximum atomic E-state index is 11.4. The highest BCUT2D eigenvalue weighted by atomic mass is 16.4. The van der Waals surface area contributed by atoms with Crippen LogP contribution in [0.15, 0.2) is 18.7 Å². The molecule has 0 saturated heterocycles. The van der Waals surface area contributed by atoms with Crippen molar-refractivity contribution in [2.75, 3.05) is 0 Å². The molecule has 1 heterocycles. The Morgan fingerprint density at radius 2 is 2.31 bits per heavy atom. The van der Waals surface area contributed by atoms with Crippen molar-refractivity contribution < 1.29 is 14.7 Å². The van der Waals surface area contributed by atoms with Crippen molar-refractivity contribution in [1.29, 1.82) is 0 Å². The van der Waals surface area contributed by atoms with Crippen molar-refractivity contribution in [2.24, 2.45) is 0 Å². The van der Waals surface area contributed by atoms with Crippen LogP contribution < -0.4 is 5.32 Å². The van der Waals surface area contributed by atoms with Gasteiger partial charge in [-0.2, -0.15) is 0 Å². The van der Waals surface area contributed by atoms with Crippen LogP contribution in [0.25, 0.3) is 0 Å². The first-order valence-electron chi connectivity index (χ1n) is 5.05. The third-order valence-corrected chi connectivity index (χ3v) is 2.04. The number of amides is 1. The first-order chi connectivity index (χ1) is 7.58. The lowest BCUT2D eigenvalue weighted by Gasteiger charge is -2.11. The molecule has 6 nitrogen and oxygen atoms in total. The molecule has 0 radical (unpaired) electrons. The topological polar surface area (TPSA) is 84.2 Å². The number of nitrogens with zero attached hydrogens (tertiary/aromatic N) is 2. The molecule has 1 aromatic rings. The molecule has 1 unspecified atom stereocenters. The highest BCUT2D eigenvalue weighted by Gasteiger charge is 2.10. The number of carbonyl (C=O) groups is 2. The minimum atomic E-state index is -0.914. The zero-order valence-corrected chi connectivity index (χ0v) is 9.09. The van der Waals surface area contributed by atoms with E-state index in [1.807, 2.05) is 0 Å². The smallest absolute Gasteiger partial charge is 0.305 e. The fourth-order valence-electron chi connectivity index (χ4n) is 1.31. The molecule has 0 saturated carbocycles. The molecule has 0 bridgehead atoms. The molecule has 1 rings (SSSR count). The van der Waals surface area contributed by atoms with Gasteiger partial charge in [-0.05, 0) is 6.92 Å². The van der Waals surface area contributed by atoms with Crippen LogP contribution in [0.4, 0.5) is 0 Å². The van der Waals surface area contributed by atoms with Gasteiger partial charge in [0.1, 0.15) is 0 Å². The number of hydrogen-bond donors (Lipinski definition) is 2. The quantitative estimate of drug-likeness (QED) is 0.727. The lowest BCUT2D eigenvalue weighted by Crippen LogP contribution is -2.34. The lowest BCUT2D eigenvalue weighted by molar-refractivity contribution is -0.137. The summed E-state index contributed by atoms with van der Waals surface area (Å²) in [5.41, 5.74) is 0. The molecule has 0 aliphatic heterocycles. The van der Waals surface area contributed by atoms with Crippen LogP contribution in [0, 0.1) is 0 Å². The van der Waals surface area contributed by atoms with E-state index in [0.717, 1.165) is 0 Å². The molecule has 1 amide bonds. The second-order valence-electron chi connectivity index (χ2n) is 3.62. The maximum Gasteiger partial charge on any atom is 0.305 e. The molecule has 1 atom stereocenters. The van der Waals surface area contributed by atoms with Gasteiger partial charge < -0.3 is 15.0 Å². The molecule has 0 aliphatic rings. The second-order valence-corrected chi connectivity index (χ2v) is 3.62. The zero-order chi connectivity index (χ0) is 12.0. The van der Waals surface area contributed by atoms with Crippen LogP contribution in [0.1, 0.15) is 19.8 Å². The summed E-state index contributed by atoms with van der Waals surface area (Å²) < 4.78 is 1.79. The van der Waals surface area contributed by atoms with E-state index in [4.69, 9.17) is 5.11 Å². The molecule has 0 aliphatic carbocycles. The molecule has 0 spiro atoms. The molecule has 16 heavy (non-hydrogen) atoms. The number of carboxylic acids is 1. The summed E-state index contributed by atoms with van der Waals surface area (Å²) in [6.07, 6.45) is 5.31. The van der Waals surface area contributed by atoms with Crippen LogP contribution in [0.2, 0.25) is 0 Å². The fraction of sp³-hybridized carbons (Fsp3) is 0.500. The Kier molecular flexibility index (Phi) is 4.50. The summed E-state index contributed by atoms with van der Waals surface area (Å²) in [7, 11) is 0. The lowest BCUT2D eigenvalue weighted by atomic mass is 10.2. The minimum Gasteiger partial charge on any atom is -0.481 e. The van der Waals surface area contributed by atoms with E-state index in [1.165, 1.54) is 0 Å². The molecule has 0 aromatic carbocycles. The molecular weight excluding hydrogens is 210 g/mol. The van der Waals surface area contributed by atoms with Crippen LogP contribution in [0.3, 0.4) is 0 Å². The summed E-state index contributed by atoms with van der Waals surface area (Å²) in [6, 6.07) is -0.340. The number of carbonyl (C=O) groups excluding carboxylic acids is 1. The van der Waals surface area contributed by atoms with Gasteiger partial charge in [-0.25, -0.2) is 4.98 Å². The van der Waals surface area contributed by atoms with Crippen LogP contribution in [0.5, 0.6) is 0 Å². The van der Waals surface area contributed by atoms with Crippen LogP contribution in [-0.2, 0) is 16.1 Å². The van der Waals surface area contributed by atoms with Crippen molar-refractivity contribution in [3.05, 3.63) is 18.7 Å². The highest BCUT2D eigenvalue weighted by Crippen LogP contribution is 1.94. The molecule has 6 heteroatoms. The molecule has 1 aromatic heterocycles. The average molecular weight is 225 g/mol. The molecule has 0 fully saturated rings. The van der Waals surface area contributed by atoms with E-state index in [-0.39, 0.29) is 18.4 Å². The van der Waals surface area contributed by atoms with Crippen molar-refractivity contribution in [2.45, 2.75) is 32.4 Å². The summed E-state index contributed by atoms with van der Waals surface area (Å²) in [5, 5.41) is 11.1. The van der Waals surface area contributed by atoms with E-state index >= 15 is 0 Å². The number of carboxylic acid groups (broad SMARTS) is 1. The van der Waals surface area contributed by atoms with Crippen LogP contribution in [-0.4, -0.2) is 32.6 Å². The van der Waals surface area contributed by atoms with E-state index < -0.39 is 5.97 Å². The van der Waals surface area contributed by atoms with Gasteiger partial charge in [0.15, 0.2) is 0 Å². The summed E-state index contributed by atoms with van der Waals surface area (Å²) in [5.74, 6) is -1.06. The first kappa shape index (κ1) is 12.2. The van der Waals surface area contributed by atoms with Gasteiger partial charge in [0.2, 0.25) is 5.91 Å². The van der Waals surface area contributed by atoms with Crippen LogP contribution >= 0.6 is 0 Å². The summed E-state index contributed by atoms with van der Waals surface area (Å²) >= 11 is 0. The Balaban J connectivity index is 2.23. The van der Waals surface area contributed by atoms with Gasteiger partial charge in [0.05, 0.1) is 12.7 Å². The second kappa shape index (κ2) is 5.89. The Bertz CT molecular complexity index is 348. The molecular formula is C10H15N3O3. The highest BCUT2D eigenvalue weighted by molar-refractivity contribution is 5.77. The van der Waals surface area contributed by atoms with Crippen molar-refractivity contribution in [1.82, 2.24) is 14.9 Å². The zero-order valence-electron chi connectivity index (χ0n) is 9.09. The molecule has 88 valence electrons. The van der Waals surface area contributed by atoms with Crippen molar-refractivity contribution in [3.8, 4) is 0 Å². The van der Waals surface area contributed by atoms with E-state index in [2.05, 4.69) is 10.3 Å². The van der Waals surface area contributed by atoms with E-state index in [9.17, 15) is 9.59 Å². The number of hydrogen-bond acceptors (Lipinski definition) is 3. The standard InChI is InChI=1S/C10H15N3O3/c1-8(6-10(15)16)12-9(14)2-4-13-5-3-11-7-13/h3,5,7-8H,2,4,6H2,1H3,(H,12,14)(H,15,16). The SMILES string of the molecule is CC(CC(=O)O)NC(=O)CCn1ccnc1. The van der Waals surface area contributed by atoms with Crippen molar-refractivity contribution >= 4 is 11.9 Å². The van der Waals surface area contributed by atoms with Gasteiger partial charge in [0.25, 0.3) is 0 Å². The van der Waals surface area contributed by atoms with Gasteiger partial charge in [-0.15, -0.1) is 0 Å². The third kappa shape index (κ3) is 4.59. The van der Waals surface area contributed by atoms with E-state index in [0.29, 0.717) is 13.0 Å². The number of aryl methyl sites for hydroxylation is 1. The normalized spacial score (nSPS) is 12.1. The van der Waals surface area contributed by atoms with Gasteiger partial charge in [0, 0.05) is 31.4 Å². The largest absolute Gasteiger partial charge is 0.481 e. The summed E-state index contributed by atoms with van der Waals surface area (Å²) in [4.78, 5) is 25.6. The Labute approximate surface area is 93.3 Å². The number of aliphatic carboxylic acids is 1. The Morgan fingerprint density at radius 1 is 1.56 bits per heavy atom. The number of aromatic nitrogens is 2. The molecule has 2 N–H and O–H groups in total. The number of imidazole rings is 1. The number of rotatable bonds is 6. The number of nitrogens with one attached hydrogen (secondary N) is 1. The first-order valence-corrected chi connectivity index (χ1v) is 5.05. The predicted molar refractivity (Wildman–Crippen MR) is 56.7 cm³/mol. The van der Waals surface area contributed by atoms with Gasteiger partial charge >= 0.3 is 5.97 Å². The monoisotopic (exact) mass is 225 g/mol.